The average molecular weight is 366 g/mol. The van der Waals surface area contributed by atoms with E-state index in [1.807, 2.05) is 25.1 Å². The van der Waals surface area contributed by atoms with Crippen LogP contribution < -0.4 is 10.5 Å². The quantitative estimate of drug-likeness (QED) is 0.660. The molecule has 0 bridgehead atoms. The Morgan fingerprint density at radius 2 is 1.78 bits per heavy atom. The minimum absolute atomic E-state index is 0.177. The van der Waals surface area contributed by atoms with Crippen molar-refractivity contribution in [2.24, 2.45) is 0 Å². The molecule has 2 heterocycles. The molecular formula is C22H23FN2O2. The first-order valence-corrected chi connectivity index (χ1v) is 9.27. The fourth-order valence-electron chi connectivity index (χ4n) is 3.99. The first kappa shape index (κ1) is 17.7. The molecule has 0 atom stereocenters. The van der Waals surface area contributed by atoms with Crippen LogP contribution in [0.3, 0.4) is 0 Å². The van der Waals surface area contributed by atoms with Gasteiger partial charge in [-0.3, -0.25) is 4.90 Å². The number of benzene rings is 2. The van der Waals surface area contributed by atoms with Gasteiger partial charge in [0.25, 0.3) is 0 Å². The van der Waals surface area contributed by atoms with Gasteiger partial charge in [-0.25, -0.2) is 9.18 Å². The minimum Gasteiger partial charge on any atom is -0.423 e. The van der Waals surface area contributed by atoms with Crippen molar-refractivity contribution in [3.05, 3.63) is 75.4 Å². The van der Waals surface area contributed by atoms with Crippen molar-refractivity contribution in [2.45, 2.75) is 20.4 Å². The van der Waals surface area contributed by atoms with E-state index in [0.29, 0.717) is 17.8 Å². The molecule has 3 aromatic rings. The minimum atomic E-state index is -0.313. The van der Waals surface area contributed by atoms with E-state index in [1.54, 1.807) is 12.1 Å². The number of nitrogens with zero attached hydrogens (tertiary/aromatic N) is 2. The Labute approximate surface area is 157 Å². The molecule has 2 aromatic carbocycles. The van der Waals surface area contributed by atoms with Gasteiger partial charge in [0.1, 0.15) is 11.4 Å². The van der Waals surface area contributed by atoms with E-state index < -0.39 is 0 Å². The van der Waals surface area contributed by atoms with Gasteiger partial charge in [-0.05, 0) is 48.7 Å². The topological polar surface area (TPSA) is 36.7 Å². The summed E-state index contributed by atoms with van der Waals surface area (Å²) in [5, 5.41) is 1.02. The number of hydrogen-bond acceptors (Lipinski definition) is 4. The Kier molecular flexibility index (Phi) is 4.70. The van der Waals surface area contributed by atoms with Crippen molar-refractivity contribution >= 4 is 16.7 Å². The van der Waals surface area contributed by atoms with Crippen LogP contribution in [-0.2, 0) is 6.54 Å². The zero-order valence-electron chi connectivity index (χ0n) is 15.7. The van der Waals surface area contributed by atoms with Gasteiger partial charge in [0, 0.05) is 44.2 Å². The van der Waals surface area contributed by atoms with Crippen molar-refractivity contribution in [3.8, 4) is 0 Å². The standard InChI is InChI=1S/C22H23FN2O2/c1-15-11-16(2)22-17(13-21(26)27-20(22)12-15)14-24-7-9-25(10-8-24)19-6-4-3-5-18(19)23/h3-6,11-13H,7-10,14H2,1-2H3. The Morgan fingerprint density at radius 3 is 2.52 bits per heavy atom. The van der Waals surface area contributed by atoms with Crippen LogP contribution in [0.5, 0.6) is 0 Å². The lowest BCUT2D eigenvalue weighted by Crippen LogP contribution is -2.46. The fourth-order valence-corrected chi connectivity index (χ4v) is 3.99. The van der Waals surface area contributed by atoms with Crippen LogP contribution in [-0.4, -0.2) is 31.1 Å². The molecule has 0 aliphatic carbocycles. The van der Waals surface area contributed by atoms with E-state index in [4.69, 9.17) is 4.42 Å². The van der Waals surface area contributed by atoms with Crippen molar-refractivity contribution in [1.29, 1.82) is 0 Å². The highest BCUT2D eigenvalue weighted by molar-refractivity contribution is 5.84. The van der Waals surface area contributed by atoms with Crippen LogP contribution in [0.25, 0.3) is 11.0 Å². The number of rotatable bonds is 3. The van der Waals surface area contributed by atoms with Crippen LogP contribution >= 0.6 is 0 Å². The first-order chi connectivity index (χ1) is 13.0. The molecule has 1 fully saturated rings. The van der Waals surface area contributed by atoms with Crippen LogP contribution in [0.2, 0.25) is 0 Å². The highest BCUT2D eigenvalue weighted by Gasteiger charge is 2.20. The van der Waals surface area contributed by atoms with E-state index in [2.05, 4.69) is 22.8 Å². The summed E-state index contributed by atoms with van der Waals surface area (Å²) in [5.41, 5.74) is 4.20. The first-order valence-electron chi connectivity index (χ1n) is 9.27. The number of para-hydroxylation sites is 1. The van der Waals surface area contributed by atoms with Crippen LogP contribution in [0, 0.1) is 19.7 Å². The lowest BCUT2D eigenvalue weighted by Gasteiger charge is -2.36. The SMILES string of the molecule is Cc1cc(C)c2c(CN3CCN(c4ccccc4F)CC3)cc(=O)oc2c1. The lowest BCUT2D eigenvalue weighted by atomic mass is 10.0. The third-order valence-corrected chi connectivity index (χ3v) is 5.23. The molecule has 4 rings (SSSR count). The molecule has 0 unspecified atom stereocenters. The number of hydrogen-bond donors (Lipinski definition) is 0. The maximum Gasteiger partial charge on any atom is 0.336 e. The van der Waals surface area contributed by atoms with E-state index in [-0.39, 0.29) is 11.4 Å². The summed E-state index contributed by atoms with van der Waals surface area (Å²) in [5.74, 6) is -0.177. The monoisotopic (exact) mass is 366 g/mol. The molecule has 0 radical (unpaired) electrons. The second-order valence-electron chi connectivity index (χ2n) is 7.26. The number of anilines is 1. The summed E-state index contributed by atoms with van der Waals surface area (Å²) in [6.07, 6.45) is 0. The number of piperazine rings is 1. The van der Waals surface area contributed by atoms with Gasteiger partial charge in [-0.1, -0.05) is 18.2 Å². The van der Waals surface area contributed by atoms with Crippen LogP contribution in [0.4, 0.5) is 10.1 Å². The van der Waals surface area contributed by atoms with Crippen molar-refractivity contribution in [1.82, 2.24) is 4.90 Å². The summed E-state index contributed by atoms with van der Waals surface area (Å²) in [7, 11) is 0. The van der Waals surface area contributed by atoms with Gasteiger partial charge >= 0.3 is 5.63 Å². The van der Waals surface area contributed by atoms with Gasteiger partial charge < -0.3 is 9.32 Å². The molecule has 1 aliphatic rings. The Balaban J connectivity index is 1.54. The lowest BCUT2D eigenvalue weighted by molar-refractivity contribution is 0.249. The van der Waals surface area contributed by atoms with Crippen LogP contribution in [0.15, 0.2) is 51.7 Å². The predicted octanol–water partition coefficient (Wildman–Crippen LogP) is 3.87. The van der Waals surface area contributed by atoms with Crippen molar-refractivity contribution in [3.63, 3.8) is 0 Å². The molecule has 27 heavy (non-hydrogen) atoms. The Hall–Kier alpha value is -2.66. The zero-order chi connectivity index (χ0) is 19.0. The van der Waals surface area contributed by atoms with E-state index >= 15 is 0 Å². The second kappa shape index (κ2) is 7.16. The maximum atomic E-state index is 14.0. The molecule has 0 saturated carbocycles. The molecule has 1 aliphatic heterocycles. The van der Waals surface area contributed by atoms with Crippen molar-refractivity contribution in [2.75, 3.05) is 31.1 Å². The molecule has 5 heteroatoms. The van der Waals surface area contributed by atoms with Crippen molar-refractivity contribution < 1.29 is 8.81 Å². The summed E-state index contributed by atoms with van der Waals surface area (Å²) in [6.45, 7) is 7.91. The van der Waals surface area contributed by atoms with Crippen LogP contribution in [0.1, 0.15) is 16.7 Å². The number of halogens is 1. The second-order valence-corrected chi connectivity index (χ2v) is 7.26. The third-order valence-electron chi connectivity index (χ3n) is 5.23. The number of aryl methyl sites for hydroxylation is 2. The zero-order valence-corrected chi connectivity index (χ0v) is 15.7. The summed E-state index contributed by atoms with van der Waals surface area (Å²) >= 11 is 0. The van der Waals surface area contributed by atoms with E-state index in [1.165, 1.54) is 6.07 Å². The molecule has 1 saturated heterocycles. The average Bonchev–Trinajstić information content (AvgIpc) is 2.62. The maximum absolute atomic E-state index is 14.0. The smallest absolute Gasteiger partial charge is 0.336 e. The fraction of sp³-hybridized carbons (Fsp3) is 0.318. The van der Waals surface area contributed by atoms with E-state index in [0.717, 1.165) is 48.3 Å². The normalized spacial score (nSPS) is 15.4. The predicted molar refractivity (Wildman–Crippen MR) is 106 cm³/mol. The molecule has 0 amide bonds. The van der Waals surface area contributed by atoms with Gasteiger partial charge in [-0.2, -0.15) is 0 Å². The largest absolute Gasteiger partial charge is 0.423 e. The molecule has 4 nitrogen and oxygen atoms in total. The Bertz CT molecular complexity index is 1040. The van der Waals surface area contributed by atoms with Gasteiger partial charge in [0.05, 0.1) is 5.69 Å². The molecular weight excluding hydrogens is 343 g/mol. The summed E-state index contributed by atoms with van der Waals surface area (Å²) < 4.78 is 19.4. The molecule has 0 spiro atoms. The Morgan fingerprint density at radius 1 is 1.04 bits per heavy atom. The molecule has 0 N–H and O–H groups in total. The van der Waals surface area contributed by atoms with E-state index in [9.17, 15) is 9.18 Å². The molecule has 140 valence electrons. The summed E-state index contributed by atoms with van der Waals surface area (Å²) in [4.78, 5) is 16.4. The third kappa shape index (κ3) is 3.60. The van der Waals surface area contributed by atoms with Gasteiger partial charge in [0.2, 0.25) is 0 Å². The molecule has 1 aromatic heterocycles. The summed E-state index contributed by atoms with van der Waals surface area (Å²) in [6, 6.07) is 12.5. The highest BCUT2D eigenvalue weighted by atomic mass is 19.1. The highest BCUT2D eigenvalue weighted by Crippen LogP contribution is 2.25. The van der Waals surface area contributed by atoms with Gasteiger partial charge in [0.15, 0.2) is 0 Å². The van der Waals surface area contributed by atoms with Gasteiger partial charge in [-0.15, -0.1) is 0 Å². The number of fused-ring (bicyclic) bond motifs is 1.